The van der Waals surface area contributed by atoms with Crippen LogP contribution in [0.4, 0.5) is 0 Å². The van der Waals surface area contributed by atoms with E-state index < -0.39 is 10.5 Å². The standard InChI is InChI=1S/C8H2Br2Cl2O2/c9-4-1-3(7(11)13)2-5(10)6(4)8(12)14/h1-2H. The van der Waals surface area contributed by atoms with E-state index in [-0.39, 0.29) is 11.1 Å². The minimum Gasteiger partial charge on any atom is -0.276 e. The van der Waals surface area contributed by atoms with Crippen molar-refractivity contribution in [1.29, 1.82) is 0 Å². The highest BCUT2D eigenvalue weighted by molar-refractivity contribution is 9.11. The van der Waals surface area contributed by atoms with E-state index in [1.807, 2.05) is 0 Å². The first-order valence-electron chi connectivity index (χ1n) is 3.32. The van der Waals surface area contributed by atoms with Gasteiger partial charge in [-0.2, -0.15) is 0 Å². The summed E-state index contributed by atoms with van der Waals surface area (Å²) in [6, 6.07) is 2.88. The average molecular weight is 361 g/mol. The monoisotopic (exact) mass is 358 g/mol. The zero-order chi connectivity index (χ0) is 10.9. The summed E-state index contributed by atoms with van der Waals surface area (Å²) in [7, 11) is 0. The summed E-state index contributed by atoms with van der Waals surface area (Å²) in [4.78, 5) is 21.8. The van der Waals surface area contributed by atoms with Gasteiger partial charge in [-0.05, 0) is 67.2 Å². The number of hydrogen-bond donors (Lipinski definition) is 0. The van der Waals surface area contributed by atoms with Crippen molar-refractivity contribution in [2.75, 3.05) is 0 Å². The maximum Gasteiger partial charge on any atom is 0.254 e. The highest BCUT2D eigenvalue weighted by Crippen LogP contribution is 2.29. The van der Waals surface area contributed by atoms with E-state index in [4.69, 9.17) is 23.2 Å². The molecule has 1 aromatic carbocycles. The average Bonchev–Trinajstić information content (AvgIpc) is 2.01. The number of halogens is 4. The van der Waals surface area contributed by atoms with Gasteiger partial charge >= 0.3 is 0 Å². The predicted molar refractivity (Wildman–Crippen MR) is 62.2 cm³/mol. The van der Waals surface area contributed by atoms with Crippen LogP contribution in [0.1, 0.15) is 20.7 Å². The van der Waals surface area contributed by atoms with Crippen LogP contribution in [-0.2, 0) is 0 Å². The van der Waals surface area contributed by atoms with Gasteiger partial charge in [0.05, 0.1) is 5.56 Å². The molecule has 6 heteroatoms. The van der Waals surface area contributed by atoms with E-state index in [1.165, 1.54) is 12.1 Å². The number of rotatable bonds is 2. The lowest BCUT2D eigenvalue weighted by Gasteiger charge is -2.03. The second kappa shape index (κ2) is 4.75. The lowest BCUT2D eigenvalue weighted by molar-refractivity contribution is 0.106. The van der Waals surface area contributed by atoms with E-state index in [0.29, 0.717) is 8.95 Å². The molecule has 0 atom stereocenters. The topological polar surface area (TPSA) is 34.1 Å². The van der Waals surface area contributed by atoms with Crippen LogP contribution in [0.15, 0.2) is 21.1 Å². The van der Waals surface area contributed by atoms with Crippen molar-refractivity contribution in [2.45, 2.75) is 0 Å². The zero-order valence-corrected chi connectivity index (χ0v) is 11.2. The molecular formula is C8H2Br2Cl2O2. The van der Waals surface area contributed by atoms with E-state index in [2.05, 4.69) is 31.9 Å². The van der Waals surface area contributed by atoms with Gasteiger partial charge in [0.25, 0.3) is 10.5 Å². The molecule has 14 heavy (non-hydrogen) atoms. The van der Waals surface area contributed by atoms with Crippen LogP contribution in [0.25, 0.3) is 0 Å². The normalized spacial score (nSPS) is 10.0. The van der Waals surface area contributed by atoms with E-state index >= 15 is 0 Å². The first-order valence-corrected chi connectivity index (χ1v) is 5.66. The summed E-state index contributed by atoms with van der Waals surface area (Å²) < 4.78 is 0.853. The van der Waals surface area contributed by atoms with Crippen molar-refractivity contribution in [3.63, 3.8) is 0 Å². The predicted octanol–water partition coefficient (Wildman–Crippen LogP) is 3.97. The molecule has 0 aromatic heterocycles. The minimum atomic E-state index is -0.614. The molecular weight excluding hydrogens is 359 g/mol. The molecule has 0 unspecified atom stereocenters. The fourth-order valence-corrected chi connectivity index (χ4v) is 2.96. The Kier molecular flexibility index (Phi) is 4.13. The Hall–Kier alpha value is 0.1000. The maximum atomic E-state index is 11.0. The molecule has 74 valence electrons. The second-order valence-electron chi connectivity index (χ2n) is 2.36. The molecule has 0 saturated carbocycles. The molecule has 0 N–H and O–H groups in total. The largest absolute Gasteiger partial charge is 0.276 e. The van der Waals surface area contributed by atoms with Crippen molar-refractivity contribution >= 4 is 65.5 Å². The molecule has 0 aliphatic carbocycles. The fraction of sp³-hybridized carbons (Fsp3) is 0. The number of benzene rings is 1. The minimum absolute atomic E-state index is 0.272. The summed E-state index contributed by atoms with van der Waals surface area (Å²) in [5, 5.41) is -1.21. The summed E-state index contributed by atoms with van der Waals surface area (Å²) in [6.07, 6.45) is 0. The lowest BCUT2D eigenvalue weighted by atomic mass is 10.2. The van der Waals surface area contributed by atoms with Crippen LogP contribution >= 0.6 is 55.1 Å². The van der Waals surface area contributed by atoms with Crippen molar-refractivity contribution in [1.82, 2.24) is 0 Å². The Balaban J connectivity index is 3.39. The van der Waals surface area contributed by atoms with Crippen LogP contribution in [-0.4, -0.2) is 10.5 Å². The maximum absolute atomic E-state index is 11.0. The Labute approximate surface area is 107 Å². The molecule has 0 aliphatic rings. The van der Waals surface area contributed by atoms with Gasteiger partial charge in [-0.3, -0.25) is 9.59 Å². The molecule has 0 amide bonds. The molecule has 0 spiro atoms. The van der Waals surface area contributed by atoms with Crippen LogP contribution in [0, 0.1) is 0 Å². The lowest BCUT2D eigenvalue weighted by Crippen LogP contribution is -1.97. The SMILES string of the molecule is O=C(Cl)c1cc(Br)c(C(=O)Cl)c(Br)c1. The van der Waals surface area contributed by atoms with Gasteiger partial charge in [-0.15, -0.1) is 0 Å². The van der Waals surface area contributed by atoms with Crippen molar-refractivity contribution in [3.05, 3.63) is 32.2 Å². The third-order valence-electron chi connectivity index (χ3n) is 1.47. The van der Waals surface area contributed by atoms with E-state index in [9.17, 15) is 9.59 Å². The Bertz CT molecular complexity index is 395. The van der Waals surface area contributed by atoms with Gasteiger partial charge < -0.3 is 0 Å². The summed E-state index contributed by atoms with van der Waals surface area (Å²) in [6.45, 7) is 0. The van der Waals surface area contributed by atoms with Gasteiger partial charge in [0.15, 0.2) is 0 Å². The van der Waals surface area contributed by atoms with Gasteiger partial charge in [0, 0.05) is 14.5 Å². The highest BCUT2D eigenvalue weighted by atomic mass is 79.9. The van der Waals surface area contributed by atoms with Crippen molar-refractivity contribution in [3.8, 4) is 0 Å². The smallest absolute Gasteiger partial charge is 0.254 e. The van der Waals surface area contributed by atoms with Crippen molar-refractivity contribution in [2.24, 2.45) is 0 Å². The van der Waals surface area contributed by atoms with Gasteiger partial charge in [-0.25, -0.2) is 0 Å². The summed E-state index contributed by atoms with van der Waals surface area (Å²) >= 11 is 16.9. The number of hydrogen-bond acceptors (Lipinski definition) is 2. The Morgan fingerprint density at radius 3 is 1.71 bits per heavy atom. The molecule has 2 nitrogen and oxygen atoms in total. The molecule has 0 saturated heterocycles. The van der Waals surface area contributed by atoms with E-state index in [1.54, 1.807) is 0 Å². The van der Waals surface area contributed by atoms with E-state index in [0.717, 1.165) is 0 Å². The quantitative estimate of drug-likeness (QED) is 0.748. The van der Waals surface area contributed by atoms with Gasteiger partial charge in [-0.1, -0.05) is 0 Å². The van der Waals surface area contributed by atoms with Gasteiger partial charge in [0.2, 0.25) is 0 Å². The Morgan fingerprint density at radius 2 is 1.43 bits per heavy atom. The summed E-state index contributed by atoms with van der Waals surface area (Å²) in [5.41, 5.74) is 0.556. The zero-order valence-electron chi connectivity index (χ0n) is 6.48. The Morgan fingerprint density at radius 1 is 1.00 bits per heavy atom. The first kappa shape index (κ1) is 12.2. The van der Waals surface area contributed by atoms with Crippen LogP contribution in [0.2, 0.25) is 0 Å². The molecule has 0 heterocycles. The van der Waals surface area contributed by atoms with Crippen molar-refractivity contribution < 1.29 is 9.59 Å². The van der Waals surface area contributed by atoms with Crippen LogP contribution in [0.5, 0.6) is 0 Å². The first-order chi connectivity index (χ1) is 6.43. The molecule has 0 aliphatic heterocycles. The molecule has 0 fully saturated rings. The number of carbonyl (C=O) groups excluding carboxylic acids is 2. The summed E-state index contributed by atoms with van der Waals surface area (Å²) in [5.74, 6) is 0. The second-order valence-corrected chi connectivity index (χ2v) is 4.76. The fourth-order valence-electron chi connectivity index (χ4n) is 0.874. The number of carbonyl (C=O) groups is 2. The molecule has 1 rings (SSSR count). The van der Waals surface area contributed by atoms with Gasteiger partial charge in [0.1, 0.15) is 0 Å². The molecule has 0 radical (unpaired) electrons. The molecule has 0 bridgehead atoms. The highest BCUT2D eigenvalue weighted by Gasteiger charge is 2.15. The molecule has 1 aromatic rings. The van der Waals surface area contributed by atoms with Crippen LogP contribution < -0.4 is 0 Å². The third-order valence-corrected chi connectivity index (χ3v) is 3.12. The van der Waals surface area contributed by atoms with Crippen LogP contribution in [0.3, 0.4) is 0 Å². The third kappa shape index (κ3) is 2.57.